The Kier molecular flexibility index (Phi) is 6.97. The van der Waals surface area contributed by atoms with E-state index in [9.17, 15) is 9.59 Å². The van der Waals surface area contributed by atoms with E-state index in [-0.39, 0.29) is 18.0 Å². The maximum Gasteiger partial charge on any atom is 0.276 e. The van der Waals surface area contributed by atoms with E-state index in [0.29, 0.717) is 30.9 Å². The molecular formula is C28H31N5O3. The molecule has 0 radical (unpaired) electrons. The number of nitrogens with zero attached hydrogens (tertiary/aromatic N) is 5. The first kappa shape index (κ1) is 24.0. The van der Waals surface area contributed by atoms with Crippen molar-refractivity contribution in [1.82, 2.24) is 24.1 Å². The van der Waals surface area contributed by atoms with Gasteiger partial charge in [0.05, 0.1) is 42.1 Å². The fourth-order valence-corrected chi connectivity index (χ4v) is 4.79. The summed E-state index contributed by atoms with van der Waals surface area (Å²) in [4.78, 5) is 36.1. The van der Waals surface area contributed by atoms with Gasteiger partial charge in [-0.15, -0.1) is 0 Å². The van der Waals surface area contributed by atoms with E-state index in [0.717, 1.165) is 41.9 Å². The summed E-state index contributed by atoms with van der Waals surface area (Å²) in [5.41, 5.74) is 3.52. The Morgan fingerprint density at radius 3 is 2.53 bits per heavy atom. The quantitative estimate of drug-likeness (QED) is 0.402. The molecule has 8 heteroatoms. The zero-order valence-corrected chi connectivity index (χ0v) is 20.8. The van der Waals surface area contributed by atoms with Crippen LogP contribution < -0.4 is 5.56 Å². The molecule has 3 heterocycles. The lowest BCUT2D eigenvalue weighted by atomic mass is 10.1. The zero-order chi connectivity index (χ0) is 25.1. The second-order valence-electron chi connectivity index (χ2n) is 9.10. The molecule has 0 bridgehead atoms. The normalized spacial score (nSPS) is 14.3. The van der Waals surface area contributed by atoms with Gasteiger partial charge in [-0.05, 0) is 31.2 Å². The number of para-hydroxylation sites is 2. The fourth-order valence-electron chi connectivity index (χ4n) is 4.79. The van der Waals surface area contributed by atoms with Gasteiger partial charge < -0.3 is 9.64 Å². The molecule has 186 valence electrons. The lowest BCUT2D eigenvalue weighted by Crippen LogP contribution is -2.43. The van der Waals surface area contributed by atoms with Gasteiger partial charge in [-0.3, -0.25) is 24.2 Å². The highest BCUT2D eigenvalue weighted by Gasteiger charge is 2.24. The van der Waals surface area contributed by atoms with E-state index in [1.54, 1.807) is 21.8 Å². The molecule has 36 heavy (non-hydrogen) atoms. The number of carbonyl (C=O) groups excluding carboxylic acids is 1. The first-order valence-corrected chi connectivity index (χ1v) is 12.3. The van der Waals surface area contributed by atoms with Crippen LogP contribution in [0.4, 0.5) is 0 Å². The van der Waals surface area contributed by atoms with E-state index < -0.39 is 0 Å². The van der Waals surface area contributed by atoms with E-state index in [2.05, 4.69) is 9.88 Å². The van der Waals surface area contributed by atoms with Crippen LogP contribution in [-0.4, -0.2) is 69.4 Å². The van der Waals surface area contributed by atoms with Crippen molar-refractivity contribution in [2.45, 2.75) is 13.5 Å². The number of rotatable bonds is 7. The summed E-state index contributed by atoms with van der Waals surface area (Å²) in [6.45, 7) is 6.47. The number of ether oxygens (including phenoxy) is 1. The Bertz CT molecular complexity index is 1420. The summed E-state index contributed by atoms with van der Waals surface area (Å²) in [5.74, 6) is -0.101. The van der Waals surface area contributed by atoms with Crippen LogP contribution in [0.15, 0.2) is 71.7 Å². The molecular weight excluding hydrogens is 454 g/mol. The third-order valence-corrected chi connectivity index (χ3v) is 6.98. The van der Waals surface area contributed by atoms with Crippen molar-refractivity contribution in [3.8, 4) is 5.69 Å². The first-order chi connectivity index (χ1) is 17.5. The summed E-state index contributed by atoms with van der Waals surface area (Å²) < 4.78 is 9.00. The van der Waals surface area contributed by atoms with Crippen LogP contribution >= 0.6 is 0 Å². The fraction of sp³-hybridized carbons (Fsp3) is 0.321. The second-order valence-corrected chi connectivity index (χ2v) is 9.10. The van der Waals surface area contributed by atoms with Crippen LogP contribution in [0, 0.1) is 6.92 Å². The minimum absolute atomic E-state index is 0.101. The van der Waals surface area contributed by atoms with Crippen molar-refractivity contribution in [1.29, 1.82) is 0 Å². The molecule has 8 nitrogen and oxygen atoms in total. The molecule has 0 aliphatic carbocycles. The van der Waals surface area contributed by atoms with Crippen molar-refractivity contribution in [3.63, 3.8) is 0 Å². The number of pyridine rings is 1. The first-order valence-electron chi connectivity index (χ1n) is 12.3. The van der Waals surface area contributed by atoms with Gasteiger partial charge in [0.25, 0.3) is 11.5 Å². The van der Waals surface area contributed by atoms with Gasteiger partial charge in [-0.2, -0.15) is 0 Å². The molecule has 1 aliphatic rings. The number of aromatic nitrogens is 3. The third kappa shape index (κ3) is 4.69. The molecule has 0 saturated carbocycles. The smallest absolute Gasteiger partial charge is 0.276 e. The van der Waals surface area contributed by atoms with Crippen LogP contribution in [0.5, 0.6) is 0 Å². The van der Waals surface area contributed by atoms with Gasteiger partial charge in [0.15, 0.2) is 0 Å². The molecule has 1 fully saturated rings. The number of hydrogen-bond donors (Lipinski definition) is 0. The average molecular weight is 486 g/mol. The van der Waals surface area contributed by atoms with E-state index >= 15 is 0 Å². The highest BCUT2D eigenvalue weighted by Crippen LogP contribution is 2.20. The highest BCUT2D eigenvalue weighted by atomic mass is 16.5. The van der Waals surface area contributed by atoms with Gasteiger partial charge in [0.1, 0.15) is 0 Å². The molecule has 1 saturated heterocycles. The average Bonchev–Trinajstić information content (AvgIpc) is 3.13. The summed E-state index contributed by atoms with van der Waals surface area (Å²) in [6, 6.07) is 19.0. The van der Waals surface area contributed by atoms with Gasteiger partial charge in [0, 0.05) is 50.5 Å². The number of fused-ring (bicyclic) bond motifs is 1. The minimum Gasteiger partial charge on any atom is -0.379 e. The Morgan fingerprint density at radius 2 is 1.75 bits per heavy atom. The van der Waals surface area contributed by atoms with Crippen LogP contribution in [0.1, 0.15) is 21.6 Å². The van der Waals surface area contributed by atoms with Crippen LogP contribution in [0.25, 0.3) is 16.6 Å². The molecule has 0 atom stereocenters. The Labute approximate surface area is 210 Å². The Hall–Kier alpha value is -3.75. The monoisotopic (exact) mass is 485 g/mol. The van der Waals surface area contributed by atoms with Gasteiger partial charge >= 0.3 is 0 Å². The Morgan fingerprint density at radius 1 is 1.03 bits per heavy atom. The largest absolute Gasteiger partial charge is 0.379 e. The number of morpholine rings is 1. The highest BCUT2D eigenvalue weighted by molar-refractivity contribution is 6.05. The third-order valence-electron chi connectivity index (χ3n) is 6.98. The summed E-state index contributed by atoms with van der Waals surface area (Å²) in [5, 5.41) is 0.813. The molecule has 0 spiro atoms. The second kappa shape index (κ2) is 10.5. The maximum absolute atomic E-state index is 14.0. The van der Waals surface area contributed by atoms with Gasteiger partial charge in [-0.25, -0.2) is 4.68 Å². The molecule has 1 amide bonds. The summed E-state index contributed by atoms with van der Waals surface area (Å²) in [6.07, 6.45) is 1.67. The van der Waals surface area contributed by atoms with Crippen molar-refractivity contribution < 1.29 is 9.53 Å². The number of amides is 1. The summed E-state index contributed by atoms with van der Waals surface area (Å²) in [7, 11) is 1.88. The van der Waals surface area contributed by atoms with Gasteiger partial charge in [-0.1, -0.05) is 36.4 Å². The predicted octanol–water partition coefficient (Wildman–Crippen LogP) is 3.01. The number of hydrogen-bond acceptors (Lipinski definition) is 5. The van der Waals surface area contributed by atoms with E-state index in [1.807, 2.05) is 73.3 Å². The van der Waals surface area contributed by atoms with Crippen LogP contribution in [0.3, 0.4) is 0 Å². The lowest BCUT2D eigenvalue weighted by Gasteiger charge is -2.30. The molecule has 2 aromatic carbocycles. The molecule has 2 aromatic heterocycles. The van der Waals surface area contributed by atoms with Crippen LogP contribution in [0.2, 0.25) is 0 Å². The minimum atomic E-state index is -0.107. The molecule has 0 N–H and O–H groups in total. The molecule has 5 rings (SSSR count). The SMILES string of the molecule is Cc1c(CN(CCN2CCOCC2)C(=O)c2ccnc3ccccc23)c(=O)n(-c2ccccc2)n1C. The van der Waals surface area contributed by atoms with Crippen molar-refractivity contribution in [2.75, 3.05) is 39.4 Å². The summed E-state index contributed by atoms with van der Waals surface area (Å²) >= 11 is 0. The standard InChI is InChI=1S/C28H31N5O3/c1-21-25(28(35)33(30(21)2)22-8-4-3-5-9-22)20-32(15-14-31-16-18-36-19-17-31)27(34)24-12-13-29-26-11-7-6-10-23(24)26/h3-13H,14-20H2,1-2H3. The van der Waals surface area contributed by atoms with Crippen molar-refractivity contribution in [2.24, 2.45) is 7.05 Å². The van der Waals surface area contributed by atoms with Crippen LogP contribution in [-0.2, 0) is 18.3 Å². The maximum atomic E-state index is 14.0. The molecule has 4 aromatic rings. The van der Waals surface area contributed by atoms with Gasteiger partial charge in [0.2, 0.25) is 0 Å². The van der Waals surface area contributed by atoms with E-state index in [4.69, 9.17) is 4.74 Å². The van der Waals surface area contributed by atoms with Crippen molar-refractivity contribution in [3.05, 3.63) is 94.0 Å². The van der Waals surface area contributed by atoms with E-state index in [1.165, 1.54) is 0 Å². The predicted molar refractivity (Wildman–Crippen MR) is 139 cm³/mol. The van der Waals surface area contributed by atoms with Crippen molar-refractivity contribution >= 4 is 16.8 Å². The molecule has 1 aliphatic heterocycles. The Balaban J connectivity index is 1.51. The number of benzene rings is 2. The number of carbonyl (C=O) groups is 1. The topological polar surface area (TPSA) is 72.6 Å². The zero-order valence-electron chi connectivity index (χ0n) is 20.8. The lowest BCUT2D eigenvalue weighted by molar-refractivity contribution is 0.0320. The molecule has 0 unspecified atom stereocenters.